The van der Waals surface area contributed by atoms with Gasteiger partial charge in [-0.3, -0.25) is 9.59 Å². The summed E-state index contributed by atoms with van der Waals surface area (Å²) in [6.07, 6.45) is 4.19. The topological polar surface area (TPSA) is 58.6 Å². The van der Waals surface area contributed by atoms with Crippen molar-refractivity contribution in [1.29, 1.82) is 0 Å². The third-order valence-corrected chi connectivity index (χ3v) is 5.33. The second-order valence-electron chi connectivity index (χ2n) is 6.99. The first-order valence-electron chi connectivity index (χ1n) is 9.37. The smallest absolute Gasteiger partial charge is 0.258 e. The van der Waals surface area contributed by atoms with Crippen molar-refractivity contribution in [2.45, 2.75) is 58.9 Å². The van der Waals surface area contributed by atoms with E-state index < -0.39 is 0 Å². The van der Waals surface area contributed by atoms with Crippen LogP contribution in [-0.2, 0) is 9.59 Å². The van der Waals surface area contributed by atoms with E-state index in [-0.39, 0.29) is 24.5 Å². The SMILES string of the molecule is CCCCC(=O)N1CCC(NC(=O)COc2cc(C)c(Cl)c(C)c2)CC1. The first-order chi connectivity index (χ1) is 12.4. The number of nitrogens with zero attached hydrogens (tertiary/aromatic N) is 1. The molecule has 5 nitrogen and oxygen atoms in total. The summed E-state index contributed by atoms with van der Waals surface area (Å²) in [4.78, 5) is 26.1. The van der Waals surface area contributed by atoms with Crippen molar-refractivity contribution >= 4 is 23.4 Å². The van der Waals surface area contributed by atoms with Crippen LogP contribution in [0.25, 0.3) is 0 Å². The van der Waals surface area contributed by atoms with E-state index in [0.717, 1.165) is 41.8 Å². The van der Waals surface area contributed by atoms with E-state index in [4.69, 9.17) is 16.3 Å². The average molecular weight is 381 g/mol. The van der Waals surface area contributed by atoms with E-state index in [0.29, 0.717) is 25.3 Å². The van der Waals surface area contributed by atoms with Gasteiger partial charge in [-0.15, -0.1) is 0 Å². The van der Waals surface area contributed by atoms with Crippen molar-refractivity contribution < 1.29 is 14.3 Å². The van der Waals surface area contributed by atoms with Crippen LogP contribution in [0.1, 0.15) is 50.2 Å². The van der Waals surface area contributed by atoms with Gasteiger partial charge in [0.2, 0.25) is 5.91 Å². The highest BCUT2D eigenvalue weighted by Gasteiger charge is 2.23. The summed E-state index contributed by atoms with van der Waals surface area (Å²) >= 11 is 6.14. The zero-order chi connectivity index (χ0) is 19.1. The summed E-state index contributed by atoms with van der Waals surface area (Å²) in [6, 6.07) is 3.78. The summed E-state index contributed by atoms with van der Waals surface area (Å²) in [6.45, 7) is 7.32. The summed E-state index contributed by atoms with van der Waals surface area (Å²) in [7, 11) is 0. The third kappa shape index (κ3) is 5.90. The molecule has 0 unspecified atom stereocenters. The summed E-state index contributed by atoms with van der Waals surface area (Å²) in [5.74, 6) is 0.746. The number of likely N-dealkylation sites (tertiary alicyclic amines) is 1. The highest BCUT2D eigenvalue weighted by atomic mass is 35.5. The van der Waals surface area contributed by atoms with E-state index in [2.05, 4.69) is 12.2 Å². The molecule has 1 fully saturated rings. The standard InChI is InChI=1S/C20H29ClN2O3/c1-4-5-6-19(25)23-9-7-16(8-10-23)22-18(24)13-26-17-11-14(2)20(21)15(3)12-17/h11-12,16H,4-10,13H2,1-3H3,(H,22,24). The fourth-order valence-corrected chi connectivity index (χ4v) is 3.28. The van der Waals surface area contributed by atoms with Gasteiger partial charge in [-0.25, -0.2) is 0 Å². The summed E-state index contributed by atoms with van der Waals surface area (Å²) < 4.78 is 5.59. The summed E-state index contributed by atoms with van der Waals surface area (Å²) in [5, 5.41) is 3.73. The molecule has 2 amide bonds. The van der Waals surface area contributed by atoms with Crippen molar-refractivity contribution in [3.8, 4) is 5.75 Å². The Morgan fingerprint density at radius 1 is 1.23 bits per heavy atom. The van der Waals surface area contributed by atoms with E-state index in [9.17, 15) is 9.59 Å². The minimum Gasteiger partial charge on any atom is -0.484 e. The lowest BCUT2D eigenvalue weighted by Gasteiger charge is -2.32. The number of unbranched alkanes of at least 4 members (excludes halogenated alkanes) is 1. The van der Waals surface area contributed by atoms with Crippen molar-refractivity contribution in [3.63, 3.8) is 0 Å². The maximum Gasteiger partial charge on any atom is 0.258 e. The van der Waals surface area contributed by atoms with Gasteiger partial charge in [0, 0.05) is 30.6 Å². The van der Waals surface area contributed by atoms with Gasteiger partial charge < -0.3 is 15.0 Å². The number of nitrogens with one attached hydrogen (secondary N) is 1. The molecular formula is C20H29ClN2O3. The second kappa shape index (κ2) is 9.81. The van der Waals surface area contributed by atoms with Gasteiger partial charge in [0.15, 0.2) is 6.61 Å². The van der Waals surface area contributed by atoms with Gasteiger partial charge in [0.05, 0.1) is 0 Å². The van der Waals surface area contributed by atoms with Crippen LogP contribution in [0.15, 0.2) is 12.1 Å². The van der Waals surface area contributed by atoms with Crippen LogP contribution in [-0.4, -0.2) is 42.5 Å². The minimum atomic E-state index is -0.133. The van der Waals surface area contributed by atoms with Crippen molar-refractivity contribution in [2.75, 3.05) is 19.7 Å². The van der Waals surface area contributed by atoms with Crippen LogP contribution in [0.4, 0.5) is 0 Å². The highest BCUT2D eigenvalue weighted by Crippen LogP contribution is 2.25. The molecular weight excluding hydrogens is 352 g/mol. The predicted molar refractivity (Wildman–Crippen MR) is 104 cm³/mol. The number of benzene rings is 1. The fourth-order valence-electron chi connectivity index (χ4n) is 3.17. The third-order valence-electron chi connectivity index (χ3n) is 4.74. The molecule has 1 heterocycles. The number of piperidine rings is 1. The number of carbonyl (C=O) groups is 2. The molecule has 0 bridgehead atoms. The molecule has 0 radical (unpaired) electrons. The van der Waals surface area contributed by atoms with Crippen LogP contribution < -0.4 is 10.1 Å². The van der Waals surface area contributed by atoms with Crippen LogP contribution in [0.2, 0.25) is 5.02 Å². The number of amides is 2. The predicted octanol–water partition coefficient (Wildman–Crippen LogP) is 3.63. The number of hydrogen-bond acceptors (Lipinski definition) is 3. The lowest BCUT2D eigenvalue weighted by molar-refractivity contribution is -0.132. The number of hydrogen-bond donors (Lipinski definition) is 1. The number of halogens is 1. The van der Waals surface area contributed by atoms with E-state index in [1.807, 2.05) is 30.9 Å². The Bertz CT molecular complexity index is 617. The van der Waals surface area contributed by atoms with Gasteiger partial charge in [-0.2, -0.15) is 0 Å². The molecule has 144 valence electrons. The Balaban J connectivity index is 1.73. The molecule has 1 N–H and O–H groups in total. The van der Waals surface area contributed by atoms with Gasteiger partial charge in [-0.05, 0) is 56.4 Å². The van der Waals surface area contributed by atoms with Crippen LogP contribution in [0.3, 0.4) is 0 Å². The lowest BCUT2D eigenvalue weighted by atomic mass is 10.0. The molecule has 1 aliphatic heterocycles. The molecule has 0 atom stereocenters. The number of ether oxygens (including phenoxy) is 1. The maximum absolute atomic E-state index is 12.1. The molecule has 1 saturated heterocycles. The molecule has 0 saturated carbocycles. The number of carbonyl (C=O) groups excluding carboxylic acids is 2. The largest absolute Gasteiger partial charge is 0.484 e. The van der Waals surface area contributed by atoms with E-state index in [1.54, 1.807) is 0 Å². The highest BCUT2D eigenvalue weighted by molar-refractivity contribution is 6.32. The van der Waals surface area contributed by atoms with Crippen LogP contribution in [0, 0.1) is 13.8 Å². The molecule has 1 aromatic rings. The quantitative estimate of drug-likeness (QED) is 0.785. The van der Waals surface area contributed by atoms with Gasteiger partial charge in [0.1, 0.15) is 5.75 Å². The second-order valence-corrected chi connectivity index (χ2v) is 7.36. The Kier molecular flexibility index (Phi) is 7.76. The minimum absolute atomic E-state index is 0.0177. The van der Waals surface area contributed by atoms with Crippen LogP contribution in [0.5, 0.6) is 5.75 Å². The Hall–Kier alpha value is -1.75. The van der Waals surface area contributed by atoms with Crippen molar-refractivity contribution in [2.24, 2.45) is 0 Å². The first-order valence-corrected chi connectivity index (χ1v) is 9.75. The molecule has 2 rings (SSSR count). The first kappa shape index (κ1) is 20.6. The van der Waals surface area contributed by atoms with Crippen LogP contribution >= 0.6 is 11.6 Å². The molecule has 0 aliphatic carbocycles. The Morgan fingerprint density at radius 2 is 1.85 bits per heavy atom. The lowest BCUT2D eigenvalue weighted by Crippen LogP contribution is -2.47. The summed E-state index contributed by atoms with van der Waals surface area (Å²) in [5.41, 5.74) is 1.87. The zero-order valence-electron chi connectivity index (χ0n) is 15.9. The monoisotopic (exact) mass is 380 g/mol. The number of aryl methyl sites for hydroxylation is 2. The molecule has 1 aromatic carbocycles. The van der Waals surface area contributed by atoms with Crippen molar-refractivity contribution in [1.82, 2.24) is 10.2 Å². The Labute approximate surface area is 161 Å². The van der Waals surface area contributed by atoms with Crippen molar-refractivity contribution in [3.05, 3.63) is 28.3 Å². The maximum atomic E-state index is 12.1. The van der Waals surface area contributed by atoms with Gasteiger partial charge >= 0.3 is 0 Å². The Morgan fingerprint density at radius 3 is 2.42 bits per heavy atom. The normalized spacial score (nSPS) is 15.0. The number of rotatable bonds is 7. The molecule has 1 aliphatic rings. The van der Waals surface area contributed by atoms with Gasteiger partial charge in [-0.1, -0.05) is 24.9 Å². The van der Waals surface area contributed by atoms with E-state index in [1.165, 1.54) is 0 Å². The fraction of sp³-hybridized carbons (Fsp3) is 0.600. The molecule has 6 heteroatoms. The zero-order valence-corrected chi connectivity index (χ0v) is 16.7. The average Bonchev–Trinajstić information content (AvgIpc) is 2.63. The molecule has 0 aromatic heterocycles. The van der Waals surface area contributed by atoms with E-state index >= 15 is 0 Å². The van der Waals surface area contributed by atoms with Gasteiger partial charge in [0.25, 0.3) is 5.91 Å². The molecule has 0 spiro atoms. The molecule has 26 heavy (non-hydrogen) atoms.